The first-order chi connectivity index (χ1) is 8.24. The van der Waals surface area contributed by atoms with Crippen molar-refractivity contribution >= 4 is 12.1 Å². The van der Waals surface area contributed by atoms with Gasteiger partial charge in [0.25, 0.3) is 0 Å². The minimum Gasteiger partial charge on any atom is -0.467 e. The summed E-state index contributed by atoms with van der Waals surface area (Å²) < 4.78 is 10.1. The van der Waals surface area contributed by atoms with E-state index in [0.29, 0.717) is 18.9 Å². The van der Waals surface area contributed by atoms with E-state index in [2.05, 4.69) is 6.92 Å². The summed E-state index contributed by atoms with van der Waals surface area (Å²) in [7, 11) is 1.34. The minimum absolute atomic E-state index is 0.368. The Balaban J connectivity index is 2.77. The van der Waals surface area contributed by atoms with Gasteiger partial charge in [-0.25, -0.2) is 9.59 Å². The van der Waals surface area contributed by atoms with Crippen LogP contribution in [0.5, 0.6) is 0 Å². The minimum atomic E-state index is -0.555. The van der Waals surface area contributed by atoms with Crippen molar-refractivity contribution in [2.75, 3.05) is 13.7 Å². The Morgan fingerprint density at radius 1 is 1.28 bits per heavy atom. The van der Waals surface area contributed by atoms with Crippen molar-refractivity contribution in [1.29, 1.82) is 0 Å². The second-order valence-electron chi connectivity index (χ2n) is 5.84. The summed E-state index contributed by atoms with van der Waals surface area (Å²) in [4.78, 5) is 25.3. The van der Waals surface area contributed by atoms with Crippen molar-refractivity contribution < 1.29 is 19.1 Å². The molecule has 0 saturated carbocycles. The van der Waals surface area contributed by atoms with Crippen molar-refractivity contribution in [1.82, 2.24) is 4.90 Å². The van der Waals surface area contributed by atoms with Crippen LogP contribution in [-0.4, -0.2) is 42.3 Å². The molecule has 1 heterocycles. The maximum Gasteiger partial charge on any atom is 0.411 e. The van der Waals surface area contributed by atoms with E-state index in [1.807, 2.05) is 20.8 Å². The lowest BCUT2D eigenvalue weighted by Crippen LogP contribution is -2.51. The van der Waals surface area contributed by atoms with Crippen LogP contribution in [0.2, 0.25) is 0 Å². The Bertz CT molecular complexity index is 321. The topological polar surface area (TPSA) is 55.8 Å². The average Bonchev–Trinajstić information content (AvgIpc) is 2.25. The van der Waals surface area contributed by atoms with Crippen LogP contribution in [0.1, 0.15) is 40.5 Å². The third-order valence-corrected chi connectivity index (χ3v) is 2.97. The van der Waals surface area contributed by atoms with E-state index in [9.17, 15) is 9.59 Å². The normalized spacial score (nSPS) is 24.6. The lowest BCUT2D eigenvalue weighted by molar-refractivity contribution is -0.148. The maximum absolute atomic E-state index is 12.0. The number of carbonyl (C=O) groups excluding carboxylic acids is 2. The molecule has 104 valence electrons. The number of nitrogens with zero attached hydrogens (tertiary/aromatic N) is 1. The molecule has 1 rings (SSSR count). The van der Waals surface area contributed by atoms with E-state index >= 15 is 0 Å². The summed E-state index contributed by atoms with van der Waals surface area (Å²) in [5.74, 6) is 0.0418. The summed E-state index contributed by atoms with van der Waals surface area (Å²) in [6.45, 7) is 8.04. The zero-order chi connectivity index (χ0) is 13.9. The third kappa shape index (κ3) is 3.89. The molecule has 0 radical (unpaired) electrons. The number of esters is 1. The van der Waals surface area contributed by atoms with Crippen molar-refractivity contribution in [3.8, 4) is 0 Å². The number of likely N-dealkylation sites (tertiary alicyclic amines) is 1. The monoisotopic (exact) mass is 257 g/mol. The van der Waals surface area contributed by atoms with Gasteiger partial charge < -0.3 is 9.47 Å². The number of hydrogen-bond acceptors (Lipinski definition) is 4. The van der Waals surface area contributed by atoms with E-state index < -0.39 is 17.7 Å². The molecule has 1 aliphatic heterocycles. The summed E-state index contributed by atoms with van der Waals surface area (Å²) in [5, 5.41) is 0. The lowest BCUT2D eigenvalue weighted by Gasteiger charge is -2.37. The van der Waals surface area contributed by atoms with Crippen molar-refractivity contribution in [3.63, 3.8) is 0 Å². The summed E-state index contributed by atoms with van der Waals surface area (Å²) in [6.07, 6.45) is 1.07. The van der Waals surface area contributed by atoms with E-state index in [0.717, 1.165) is 6.42 Å². The number of rotatable bonds is 1. The van der Waals surface area contributed by atoms with Crippen LogP contribution in [0.3, 0.4) is 0 Å². The average molecular weight is 257 g/mol. The van der Waals surface area contributed by atoms with E-state index in [4.69, 9.17) is 9.47 Å². The molecule has 1 fully saturated rings. The number of piperidine rings is 1. The van der Waals surface area contributed by atoms with E-state index in [-0.39, 0.29) is 5.97 Å². The van der Waals surface area contributed by atoms with Crippen LogP contribution < -0.4 is 0 Å². The molecular formula is C13H23NO4. The van der Waals surface area contributed by atoms with Crippen molar-refractivity contribution in [3.05, 3.63) is 0 Å². The van der Waals surface area contributed by atoms with Crippen LogP contribution in [0.4, 0.5) is 4.79 Å². The van der Waals surface area contributed by atoms with Crippen LogP contribution >= 0.6 is 0 Å². The molecule has 0 bridgehead atoms. The molecule has 5 heteroatoms. The first kappa shape index (κ1) is 14.8. The quantitative estimate of drug-likeness (QED) is 0.676. The van der Waals surface area contributed by atoms with Gasteiger partial charge in [-0.1, -0.05) is 6.92 Å². The Hall–Kier alpha value is -1.26. The molecule has 5 nitrogen and oxygen atoms in total. The van der Waals surface area contributed by atoms with Gasteiger partial charge in [-0.05, 0) is 39.5 Å². The third-order valence-electron chi connectivity index (χ3n) is 2.97. The maximum atomic E-state index is 12.0. The zero-order valence-corrected chi connectivity index (χ0v) is 11.9. The molecule has 0 spiro atoms. The molecule has 1 saturated heterocycles. The second kappa shape index (κ2) is 5.59. The first-order valence-electron chi connectivity index (χ1n) is 6.32. The van der Waals surface area contributed by atoms with Gasteiger partial charge in [0.1, 0.15) is 11.6 Å². The highest BCUT2D eigenvalue weighted by molar-refractivity contribution is 5.81. The van der Waals surface area contributed by atoms with Gasteiger partial charge >= 0.3 is 12.1 Å². The summed E-state index contributed by atoms with van der Waals surface area (Å²) in [5.41, 5.74) is -0.555. The van der Waals surface area contributed by atoms with Crippen LogP contribution in [0, 0.1) is 5.92 Å². The fraction of sp³-hybridized carbons (Fsp3) is 0.846. The second-order valence-corrected chi connectivity index (χ2v) is 5.84. The molecule has 0 aliphatic carbocycles. The Morgan fingerprint density at radius 2 is 1.89 bits per heavy atom. The van der Waals surface area contributed by atoms with E-state index in [1.54, 1.807) is 0 Å². The molecule has 18 heavy (non-hydrogen) atoms. The molecule has 2 atom stereocenters. The predicted molar refractivity (Wildman–Crippen MR) is 67.1 cm³/mol. The van der Waals surface area contributed by atoms with E-state index in [1.165, 1.54) is 12.0 Å². The van der Waals surface area contributed by atoms with Gasteiger partial charge in [0.2, 0.25) is 0 Å². The number of ether oxygens (including phenoxy) is 2. The Labute approximate surface area is 108 Å². The molecular weight excluding hydrogens is 234 g/mol. The van der Waals surface area contributed by atoms with Crippen LogP contribution in [0.15, 0.2) is 0 Å². The van der Waals surface area contributed by atoms with Crippen LogP contribution in [0.25, 0.3) is 0 Å². The number of carbonyl (C=O) groups is 2. The number of amides is 1. The molecule has 1 aliphatic rings. The summed E-state index contributed by atoms with van der Waals surface area (Å²) >= 11 is 0. The summed E-state index contributed by atoms with van der Waals surface area (Å²) in [6, 6.07) is -0.520. The standard InChI is InChI=1S/C13H23NO4/c1-9-6-7-14(10(8-9)11(15)17-5)12(16)18-13(2,3)4/h9-10H,6-8H2,1-5H3/t9-,10+/m1/s1. The van der Waals surface area contributed by atoms with Gasteiger partial charge in [-0.3, -0.25) is 4.90 Å². The van der Waals surface area contributed by atoms with Crippen molar-refractivity contribution in [2.24, 2.45) is 5.92 Å². The molecule has 0 aromatic carbocycles. The van der Waals surface area contributed by atoms with Gasteiger partial charge in [0.15, 0.2) is 0 Å². The number of hydrogen-bond donors (Lipinski definition) is 0. The van der Waals surface area contributed by atoms with Gasteiger partial charge in [-0.15, -0.1) is 0 Å². The first-order valence-corrected chi connectivity index (χ1v) is 6.32. The largest absolute Gasteiger partial charge is 0.467 e. The SMILES string of the molecule is COC(=O)[C@@H]1C[C@H](C)CCN1C(=O)OC(C)(C)C. The lowest BCUT2D eigenvalue weighted by atomic mass is 9.93. The molecule has 0 aromatic rings. The van der Waals surface area contributed by atoms with Crippen molar-refractivity contribution in [2.45, 2.75) is 52.2 Å². The Morgan fingerprint density at radius 3 is 2.39 bits per heavy atom. The zero-order valence-electron chi connectivity index (χ0n) is 11.9. The predicted octanol–water partition coefficient (Wildman–Crippen LogP) is 2.20. The highest BCUT2D eigenvalue weighted by Gasteiger charge is 2.37. The highest BCUT2D eigenvalue weighted by Crippen LogP contribution is 2.25. The smallest absolute Gasteiger partial charge is 0.411 e. The Kier molecular flexibility index (Phi) is 4.59. The number of methoxy groups -OCH3 is 1. The fourth-order valence-corrected chi connectivity index (χ4v) is 2.04. The molecule has 1 amide bonds. The highest BCUT2D eigenvalue weighted by atomic mass is 16.6. The van der Waals surface area contributed by atoms with Gasteiger partial charge in [0.05, 0.1) is 7.11 Å². The van der Waals surface area contributed by atoms with Gasteiger partial charge in [0, 0.05) is 6.54 Å². The van der Waals surface area contributed by atoms with Gasteiger partial charge in [-0.2, -0.15) is 0 Å². The fourth-order valence-electron chi connectivity index (χ4n) is 2.04. The molecule has 0 aromatic heterocycles. The van der Waals surface area contributed by atoms with Crippen LogP contribution in [-0.2, 0) is 14.3 Å². The molecule has 0 unspecified atom stereocenters. The molecule has 0 N–H and O–H groups in total.